The van der Waals surface area contributed by atoms with Gasteiger partial charge >= 0.3 is 6.18 Å². The Kier molecular flexibility index (Phi) is 5.66. The first-order chi connectivity index (χ1) is 13.7. The van der Waals surface area contributed by atoms with Crippen molar-refractivity contribution in [3.8, 4) is 5.75 Å². The lowest BCUT2D eigenvalue weighted by atomic mass is 9.99. The number of carbonyl (C=O) groups is 1. The highest BCUT2D eigenvalue weighted by atomic mass is 19.4. The molecule has 0 radical (unpaired) electrons. The summed E-state index contributed by atoms with van der Waals surface area (Å²) in [7, 11) is 0. The molecular formula is C21H21F3N2O3. The van der Waals surface area contributed by atoms with E-state index in [-0.39, 0.29) is 10.7 Å². The summed E-state index contributed by atoms with van der Waals surface area (Å²) in [6.07, 6.45) is -5.15. The van der Waals surface area contributed by atoms with Gasteiger partial charge in [-0.1, -0.05) is 49.4 Å². The summed E-state index contributed by atoms with van der Waals surface area (Å²) in [5.41, 5.74) is -1.28. The van der Waals surface area contributed by atoms with Crippen molar-refractivity contribution in [2.45, 2.75) is 38.6 Å². The molecule has 2 aromatic carbocycles. The van der Waals surface area contributed by atoms with Gasteiger partial charge in [-0.2, -0.15) is 23.3 Å². The van der Waals surface area contributed by atoms with Crippen LogP contribution in [0.2, 0.25) is 0 Å². The molecule has 1 aliphatic rings. The molecule has 154 valence electrons. The van der Waals surface area contributed by atoms with Gasteiger partial charge in [0.15, 0.2) is 6.61 Å². The monoisotopic (exact) mass is 406 g/mol. The number of nitrogens with zero attached hydrogens (tertiary/aromatic N) is 2. The van der Waals surface area contributed by atoms with E-state index in [9.17, 15) is 23.1 Å². The van der Waals surface area contributed by atoms with Crippen LogP contribution in [-0.2, 0) is 11.2 Å². The molecule has 2 aromatic rings. The molecule has 0 fully saturated rings. The van der Waals surface area contributed by atoms with E-state index in [0.29, 0.717) is 11.3 Å². The Morgan fingerprint density at radius 2 is 1.86 bits per heavy atom. The maximum absolute atomic E-state index is 13.6. The second-order valence-corrected chi connectivity index (χ2v) is 6.85. The Hall–Kier alpha value is -2.87. The lowest BCUT2D eigenvalue weighted by Gasteiger charge is -2.32. The number of hydrazone groups is 1. The van der Waals surface area contributed by atoms with Gasteiger partial charge in [0.1, 0.15) is 5.75 Å². The number of alkyl halides is 3. The number of benzene rings is 2. The Morgan fingerprint density at radius 3 is 2.45 bits per heavy atom. The fourth-order valence-electron chi connectivity index (χ4n) is 3.04. The number of hydrogen-bond acceptors (Lipinski definition) is 4. The van der Waals surface area contributed by atoms with E-state index in [4.69, 9.17) is 4.74 Å². The van der Waals surface area contributed by atoms with Crippen LogP contribution in [-0.4, -0.2) is 40.2 Å². The summed E-state index contributed by atoms with van der Waals surface area (Å²) < 4.78 is 46.2. The number of aliphatic hydroxyl groups is 1. The normalized spacial score (nSPS) is 19.2. The van der Waals surface area contributed by atoms with E-state index in [1.165, 1.54) is 0 Å². The highest BCUT2D eigenvalue weighted by molar-refractivity contribution is 6.03. The van der Waals surface area contributed by atoms with Crippen LogP contribution in [0.4, 0.5) is 13.2 Å². The molecule has 5 nitrogen and oxygen atoms in total. The third-order valence-corrected chi connectivity index (χ3v) is 4.82. The lowest BCUT2D eigenvalue weighted by molar-refractivity contribution is -0.302. The van der Waals surface area contributed by atoms with Crippen molar-refractivity contribution in [3.63, 3.8) is 0 Å². The van der Waals surface area contributed by atoms with E-state index in [0.717, 1.165) is 17.5 Å². The topological polar surface area (TPSA) is 62.1 Å². The fourth-order valence-corrected chi connectivity index (χ4v) is 3.04. The number of aryl methyl sites for hydroxylation is 2. The van der Waals surface area contributed by atoms with E-state index >= 15 is 0 Å². The van der Waals surface area contributed by atoms with Crippen LogP contribution >= 0.6 is 0 Å². The second kappa shape index (κ2) is 7.87. The summed E-state index contributed by atoms with van der Waals surface area (Å²) in [6, 6.07) is 13.6. The van der Waals surface area contributed by atoms with Gasteiger partial charge in [0.05, 0.1) is 12.1 Å². The first-order valence-corrected chi connectivity index (χ1v) is 9.13. The average molecular weight is 406 g/mol. The van der Waals surface area contributed by atoms with Crippen molar-refractivity contribution in [2.24, 2.45) is 5.10 Å². The number of rotatable bonds is 5. The number of hydrogen-bond donors (Lipinski definition) is 1. The van der Waals surface area contributed by atoms with Gasteiger partial charge in [0.2, 0.25) is 0 Å². The third-order valence-electron chi connectivity index (χ3n) is 4.82. The van der Waals surface area contributed by atoms with Crippen molar-refractivity contribution in [1.29, 1.82) is 0 Å². The van der Waals surface area contributed by atoms with Crippen LogP contribution in [0.25, 0.3) is 0 Å². The van der Waals surface area contributed by atoms with Gasteiger partial charge in [-0.05, 0) is 36.1 Å². The predicted molar refractivity (Wildman–Crippen MR) is 101 cm³/mol. The van der Waals surface area contributed by atoms with E-state index in [2.05, 4.69) is 5.10 Å². The minimum atomic E-state index is -5.08. The number of ether oxygens (including phenoxy) is 1. The molecule has 0 unspecified atom stereocenters. The lowest BCUT2D eigenvalue weighted by Crippen LogP contribution is -2.57. The van der Waals surface area contributed by atoms with Crippen molar-refractivity contribution in [3.05, 3.63) is 65.2 Å². The molecule has 0 saturated carbocycles. The zero-order valence-electron chi connectivity index (χ0n) is 16.0. The molecular weight excluding hydrogens is 385 g/mol. The van der Waals surface area contributed by atoms with Crippen LogP contribution in [0, 0.1) is 6.92 Å². The number of amides is 1. The maximum Gasteiger partial charge on any atom is 0.438 e. The molecule has 1 aliphatic heterocycles. The minimum absolute atomic E-state index is 0.0169. The Bertz CT molecular complexity index is 926. The molecule has 0 spiro atoms. The molecule has 1 atom stereocenters. The highest BCUT2D eigenvalue weighted by Gasteiger charge is 2.63. The van der Waals surface area contributed by atoms with Gasteiger partial charge in [-0.25, -0.2) is 0 Å². The fraction of sp³-hybridized carbons (Fsp3) is 0.333. The average Bonchev–Trinajstić information content (AvgIpc) is 3.06. The summed E-state index contributed by atoms with van der Waals surface area (Å²) >= 11 is 0. The zero-order valence-corrected chi connectivity index (χ0v) is 16.0. The van der Waals surface area contributed by atoms with E-state index < -0.39 is 30.8 Å². The molecule has 8 heteroatoms. The Morgan fingerprint density at radius 1 is 1.21 bits per heavy atom. The Labute approximate surface area is 166 Å². The van der Waals surface area contributed by atoms with Gasteiger partial charge in [0.25, 0.3) is 11.6 Å². The third kappa shape index (κ3) is 4.12. The zero-order chi connectivity index (χ0) is 21.2. The van der Waals surface area contributed by atoms with Crippen LogP contribution in [0.5, 0.6) is 5.75 Å². The second-order valence-electron chi connectivity index (χ2n) is 6.85. The molecule has 3 rings (SSSR count). The summed E-state index contributed by atoms with van der Waals surface area (Å²) in [5.74, 6) is -0.719. The molecule has 1 amide bonds. The standard InChI is InChI=1S/C21H21F3N2O3/c1-3-15-8-10-16(11-9-15)17-12-20(28,21(22,23)24)26(25-17)19(27)13-29-18-7-5-4-6-14(18)2/h4-11,28H,3,12-13H2,1-2H3/t20-/m1/s1. The molecule has 1 heterocycles. The number of halogens is 3. The van der Waals surface area contributed by atoms with Crippen LogP contribution < -0.4 is 4.74 Å². The summed E-state index contributed by atoms with van der Waals surface area (Å²) in [5, 5.41) is 14.3. The van der Waals surface area contributed by atoms with Crippen molar-refractivity contribution in [1.82, 2.24) is 5.01 Å². The molecule has 1 N–H and O–H groups in total. The predicted octanol–water partition coefficient (Wildman–Crippen LogP) is 3.82. The maximum atomic E-state index is 13.6. The van der Waals surface area contributed by atoms with Gasteiger partial charge in [-0.15, -0.1) is 0 Å². The first-order valence-electron chi connectivity index (χ1n) is 9.13. The molecule has 29 heavy (non-hydrogen) atoms. The number of carbonyl (C=O) groups excluding carboxylic acids is 1. The van der Waals surface area contributed by atoms with Crippen molar-refractivity contribution in [2.75, 3.05) is 6.61 Å². The van der Waals surface area contributed by atoms with Crippen LogP contribution in [0.3, 0.4) is 0 Å². The van der Waals surface area contributed by atoms with Crippen molar-refractivity contribution >= 4 is 11.6 Å². The summed E-state index contributed by atoms with van der Waals surface area (Å²) in [4.78, 5) is 12.5. The van der Waals surface area contributed by atoms with Gasteiger partial charge < -0.3 is 9.84 Å². The smallest absolute Gasteiger partial charge is 0.438 e. The van der Waals surface area contributed by atoms with E-state index in [1.807, 2.05) is 6.92 Å². The van der Waals surface area contributed by atoms with Crippen LogP contribution in [0.15, 0.2) is 53.6 Å². The van der Waals surface area contributed by atoms with Crippen molar-refractivity contribution < 1.29 is 27.8 Å². The van der Waals surface area contributed by atoms with Gasteiger partial charge in [0, 0.05) is 0 Å². The molecule has 0 aliphatic carbocycles. The quantitative estimate of drug-likeness (QED) is 0.821. The molecule has 0 saturated heterocycles. The number of para-hydroxylation sites is 1. The SMILES string of the molecule is CCc1ccc(C2=NN(C(=O)COc3ccccc3C)[C@](O)(C(F)(F)F)C2)cc1. The van der Waals surface area contributed by atoms with E-state index in [1.54, 1.807) is 55.5 Å². The highest BCUT2D eigenvalue weighted by Crippen LogP contribution is 2.41. The summed E-state index contributed by atoms with van der Waals surface area (Å²) in [6.45, 7) is 3.02. The minimum Gasteiger partial charge on any atom is -0.483 e. The largest absolute Gasteiger partial charge is 0.483 e. The molecule has 0 bridgehead atoms. The molecule has 0 aromatic heterocycles. The van der Waals surface area contributed by atoms with Gasteiger partial charge in [-0.3, -0.25) is 4.79 Å². The van der Waals surface area contributed by atoms with Crippen LogP contribution in [0.1, 0.15) is 30.0 Å². The first kappa shape index (κ1) is 20.9. The Balaban J connectivity index is 1.86.